The number of hydrogen-bond donors (Lipinski definition) is 2. The van der Waals surface area contributed by atoms with E-state index < -0.39 is 0 Å². The quantitative estimate of drug-likeness (QED) is 0.814. The number of carbonyl (C=O) groups is 1. The molecule has 0 atom stereocenters. The molecule has 1 aliphatic rings. The average Bonchev–Trinajstić information content (AvgIpc) is 2.89. The summed E-state index contributed by atoms with van der Waals surface area (Å²) in [6.45, 7) is 7.98. The summed E-state index contributed by atoms with van der Waals surface area (Å²) in [6, 6.07) is 0. The third kappa shape index (κ3) is 6.93. The Labute approximate surface area is 142 Å². The molecule has 2 rings (SSSR count). The van der Waals surface area contributed by atoms with Crippen LogP contribution in [0.25, 0.3) is 0 Å². The van der Waals surface area contributed by atoms with Gasteiger partial charge in [0.15, 0.2) is 0 Å². The van der Waals surface area contributed by atoms with Crippen molar-refractivity contribution in [3.8, 4) is 0 Å². The zero-order chi connectivity index (χ0) is 13.5. The molecule has 1 fully saturated rings. The molecule has 0 unspecified atom stereocenters. The molecule has 2 heterocycles. The zero-order valence-electron chi connectivity index (χ0n) is 12.3. The van der Waals surface area contributed by atoms with Gasteiger partial charge in [0.2, 0.25) is 0 Å². The Morgan fingerprint density at radius 2 is 2.14 bits per heavy atom. The summed E-state index contributed by atoms with van der Waals surface area (Å²) in [7, 11) is 0. The van der Waals surface area contributed by atoms with E-state index in [4.69, 9.17) is 0 Å². The molecular weight excluding hydrogens is 331 g/mol. The van der Waals surface area contributed by atoms with Crippen LogP contribution in [0.4, 0.5) is 0 Å². The van der Waals surface area contributed by atoms with E-state index in [1.165, 1.54) is 11.3 Å². The van der Waals surface area contributed by atoms with E-state index in [0.717, 1.165) is 55.5 Å². The van der Waals surface area contributed by atoms with Gasteiger partial charge in [0, 0.05) is 39.3 Å². The number of carbonyl (C=O) groups excluding carboxylic acids is 1. The first-order valence-corrected chi connectivity index (χ1v) is 7.77. The zero-order valence-corrected chi connectivity index (χ0v) is 14.7. The number of piperazine rings is 1. The molecule has 1 amide bonds. The molecule has 0 aliphatic carbocycles. The van der Waals surface area contributed by atoms with Crippen molar-refractivity contribution in [1.29, 1.82) is 0 Å². The molecule has 21 heavy (non-hydrogen) atoms. The molecule has 8 heteroatoms. The van der Waals surface area contributed by atoms with Gasteiger partial charge in [0.1, 0.15) is 4.88 Å². The number of rotatable bonds is 6. The van der Waals surface area contributed by atoms with Gasteiger partial charge in [0.25, 0.3) is 5.91 Å². The van der Waals surface area contributed by atoms with Crippen LogP contribution in [0.15, 0.2) is 6.20 Å². The van der Waals surface area contributed by atoms with Crippen LogP contribution in [0.3, 0.4) is 0 Å². The Morgan fingerprint density at radius 3 is 2.81 bits per heavy atom. The molecule has 0 aromatic carbocycles. The lowest BCUT2D eigenvalue weighted by Gasteiger charge is -2.26. The Balaban J connectivity index is 0.00000200. The van der Waals surface area contributed by atoms with Gasteiger partial charge >= 0.3 is 0 Å². The molecule has 122 valence electrons. The van der Waals surface area contributed by atoms with Crippen molar-refractivity contribution < 1.29 is 4.79 Å². The number of halogens is 2. The van der Waals surface area contributed by atoms with Crippen molar-refractivity contribution in [3.05, 3.63) is 16.1 Å². The average molecular weight is 355 g/mol. The molecule has 1 aliphatic heterocycles. The fourth-order valence-electron chi connectivity index (χ4n) is 2.09. The maximum Gasteiger partial charge on any atom is 0.263 e. The Bertz CT molecular complexity index is 411. The minimum absolute atomic E-state index is 0. The van der Waals surface area contributed by atoms with Gasteiger partial charge in [-0.15, -0.1) is 36.2 Å². The van der Waals surface area contributed by atoms with E-state index in [1.807, 2.05) is 0 Å². The van der Waals surface area contributed by atoms with Crippen LogP contribution >= 0.6 is 36.2 Å². The summed E-state index contributed by atoms with van der Waals surface area (Å²) in [6.07, 6.45) is 3.71. The van der Waals surface area contributed by atoms with Crippen molar-refractivity contribution in [2.75, 3.05) is 39.3 Å². The molecule has 1 aromatic rings. The fraction of sp³-hybridized carbons (Fsp3) is 0.692. The molecule has 0 saturated carbocycles. The van der Waals surface area contributed by atoms with Crippen LogP contribution in [-0.2, 0) is 6.42 Å². The largest absolute Gasteiger partial charge is 0.350 e. The topological polar surface area (TPSA) is 57.3 Å². The summed E-state index contributed by atoms with van der Waals surface area (Å²) in [4.78, 5) is 19.3. The van der Waals surface area contributed by atoms with E-state index in [1.54, 1.807) is 6.20 Å². The Morgan fingerprint density at radius 1 is 1.43 bits per heavy atom. The Kier molecular flexibility index (Phi) is 11.0. The van der Waals surface area contributed by atoms with Crippen LogP contribution in [0, 0.1) is 0 Å². The summed E-state index contributed by atoms with van der Waals surface area (Å²) in [5, 5.41) is 7.34. The number of aryl methyl sites for hydroxylation is 1. The van der Waals surface area contributed by atoms with Crippen LogP contribution in [0.1, 0.15) is 28.0 Å². The van der Waals surface area contributed by atoms with Gasteiger partial charge in [-0.2, -0.15) is 0 Å². The molecule has 0 spiro atoms. The van der Waals surface area contributed by atoms with Crippen molar-refractivity contribution >= 4 is 42.1 Å². The smallest absolute Gasteiger partial charge is 0.263 e. The van der Waals surface area contributed by atoms with Gasteiger partial charge in [-0.1, -0.05) is 6.92 Å². The second-order valence-corrected chi connectivity index (χ2v) is 5.83. The highest BCUT2D eigenvalue weighted by molar-refractivity contribution is 7.13. The first-order valence-electron chi connectivity index (χ1n) is 6.95. The van der Waals surface area contributed by atoms with E-state index >= 15 is 0 Å². The predicted molar refractivity (Wildman–Crippen MR) is 92.2 cm³/mol. The van der Waals surface area contributed by atoms with Crippen molar-refractivity contribution in [1.82, 2.24) is 20.5 Å². The third-order valence-electron chi connectivity index (χ3n) is 3.16. The lowest BCUT2D eigenvalue weighted by Crippen LogP contribution is -2.46. The highest BCUT2D eigenvalue weighted by Crippen LogP contribution is 2.14. The minimum Gasteiger partial charge on any atom is -0.350 e. The van der Waals surface area contributed by atoms with Gasteiger partial charge < -0.3 is 10.6 Å². The summed E-state index contributed by atoms with van der Waals surface area (Å²) >= 11 is 1.50. The standard InChI is InChI=1S/C13H22N4OS.2ClH/c1-2-3-12-16-10-11(19-12)13(18)15-6-9-17-7-4-14-5-8-17;;/h10,14H,2-9H2,1H3,(H,15,18);2*1H. The van der Waals surface area contributed by atoms with E-state index in [2.05, 4.69) is 27.4 Å². The van der Waals surface area contributed by atoms with Gasteiger partial charge in [-0.3, -0.25) is 9.69 Å². The lowest BCUT2D eigenvalue weighted by molar-refractivity contribution is 0.0951. The first-order chi connectivity index (χ1) is 9.29. The number of nitrogens with one attached hydrogen (secondary N) is 2. The second-order valence-electron chi connectivity index (χ2n) is 4.72. The van der Waals surface area contributed by atoms with E-state index in [9.17, 15) is 4.79 Å². The molecular formula is C13H24Cl2N4OS. The van der Waals surface area contributed by atoms with E-state index in [-0.39, 0.29) is 30.7 Å². The lowest BCUT2D eigenvalue weighted by atomic mass is 10.3. The Hall–Kier alpha value is -0.400. The number of amides is 1. The highest BCUT2D eigenvalue weighted by atomic mass is 35.5. The van der Waals surface area contributed by atoms with Crippen molar-refractivity contribution in [2.45, 2.75) is 19.8 Å². The third-order valence-corrected chi connectivity index (χ3v) is 4.22. The monoisotopic (exact) mass is 354 g/mol. The highest BCUT2D eigenvalue weighted by Gasteiger charge is 2.12. The maximum absolute atomic E-state index is 11.9. The predicted octanol–water partition coefficient (Wildman–Crippen LogP) is 1.57. The van der Waals surface area contributed by atoms with E-state index in [0.29, 0.717) is 6.54 Å². The fourth-order valence-corrected chi connectivity index (χ4v) is 3.03. The van der Waals surface area contributed by atoms with Crippen LogP contribution in [0.2, 0.25) is 0 Å². The van der Waals surface area contributed by atoms with Gasteiger partial charge in [-0.25, -0.2) is 4.98 Å². The van der Waals surface area contributed by atoms with Gasteiger partial charge in [0.05, 0.1) is 11.2 Å². The van der Waals surface area contributed by atoms with Crippen molar-refractivity contribution in [3.63, 3.8) is 0 Å². The summed E-state index contributed by atoms with van der Waals surface area (Å²) in [5.41, 5.74) is 0. The molecule has 0 bridgehead atoms. The molecule has 0 radical (unpaired) electrons. The normalized spacial score (nSPS) is 14.9. The molecule has 5 nitrogen and oxygen atoms in total. The van der Waals surface area contributed by atoms with Crippen LogP contribution < -0.4 is 10.6 Å². The van der Waals surface area contributed by atoms with Crippen LogP contribution in [-0.4, -0.2) is 55.1 Å². The molecule has 1 aromatic heterocycles. The molecule has 1 saturated heterocycles. The maximum atomic E-state index is 11.9. The number of thiazole rings is 1. The number of nitrogens with zero attached hydrogens (tertiary/aromatic N) is 2. The van der Waals surface area contributed by atoms with Gasteiger partial charge in [-0.05, 0) is 12.8 Å². The van der Waals surface area contributed by atoms with Crippen LogP contribution in [0.5, 0.6) is 0 Å². The first kappa shape index (κ1) is 20.6. The minimum atomic E-state index is 0. The SMILES string of the molecule is CCCc1ncc(C(=O)NCCN2CCNCC2)s1.Cl.Cl. The second kappa shape index (κ2) is 11.2. The number of hydrogen-bond acceptors (Lipinski definition) is 5. The molecule has 2 N–H and O–H groups in total. The van der Waals surface area contributed by atoms with Crippen molar-refractivity contribution in [2.24, 2.45) is 0 Å². The number of aromatic nitrogens is 1. The summed E-state index contributed by atoms with van der Waals surface area (Å²) in [5.74, 6) is 0.00925. The summed E-state index contributed by atoms with van der Waals surface area (Å²) < 4.78 is 0.